The minimum absolute atomic E-state index is 0.765. The predicted molar refractivity (Wildman–Crippen MR) is 78.0 cm³/mol. The van der Waals surface area contributed by atoms with Crippen LogP contribution in [0.1, 0.15) is 49.1 Å². The molecule has 0 saturated heterocycles. The van der Waals surface area contributed by atoms with E-state index in [4.69, 9.17) is 0 Å². The highest BCUT2D eigenvalue weighted by Gasteiger charge is 2.15. The molecule has 2 heteroatoms. The number of hydrogen-bond acceptors (Lipinski definition) is 2. The van der Waals surface area contributed by atoms with Gasteiger partial charge in [-0.2, -0.15) is 0 Å². The van der Waals surface area contributed by atoms with E-state index in [9.17, 15) is 0 Å². The highest BCUT2D eigenvalue weighted by atomic mass is 14.9. The first-order chi connectivity index (χ1) is 9.33. The van der Waals surface area contributed by atoms with Gasteiger partial charge in [0, 0.05) is 18.0 Å². The van der Waals surface area contributed by atoms with Crippen LogP contribution in [0.15, 0.2) is 36.7 Å². The van der Waals surface area contributed by atoms with E-state index in [2.05, 4.69) is 34.2 Å². The Morgan fingerprint density at radius 2 is 1.53 bits per heavy atom. The molecular formula is C17H20N2. The fraction of sp³-hybridized carbons (Fsp3) is 0.412. The van der Waals surface area contributed by atoms with Gasteiger partial charge < -0.3 is 0 Å². The largest absolute Gasteiger partial charge is 0.236 e. The summed E-state index contributed by atoms with van der Waals surface area (Å²) < 4.78 is 0. The number of nitrogens with zero attached hydrogens (tertiary/aromatic N) is 2. The summed E-state index contributed by atoms with van der Waals surface area (Å²) in [5.41, 5.74) is 3.69. The van der Waals surface area contributed by atoms with Gasteiger partial charge in [0.1, 0.15) is 0 Å². The van der Waals surface area contributed by atoms with Crippen molar-refractivity contribution in [3.63, 3.8) is 0 Å². The van der Waals surface area contributed by atoms with Crippen LogP contribution < -0.4 is 0 Å². The molecule has 0 N–H and O–H groups in total. The molecular weight excluding hydrogens is 232 g/mol. The monoisotopic (exact) mass is 252 g/mol. The molecule has 0 amide bonds. The third kappa shape index (κ3) is 2.83. The lowest BCUT2D eigenvalue weighted by molar-refractivity contribution is 0.443. The van der Waals surface area contributed by atoms with Crippen LogP contribution in [0.3, 0.4) is 0 Å². The molecule has 19 heavy (non-hydrogen) atoms. The zero-order valence-corrected chi connectivity index (χ0v) is 11.5. The van der Waals surface area contributed by atoms with Crippen molar-refractivity contribution in [3.8, 4) is 11.4 Å². The van der Waals surface area contributed by atoms with Crippen LogP contribution in [-0.4, -0.2) is 9.97 Å². The van der Waals surface area contributed by atoms with Gasteiger partial charge in [-0.25, -0.2) is 9.97 Å². The van der Waals surface area contributed by atoms with Crippen LogP contribution in [0.5, 0.6) is 0 Å². The van der Waals surface area contributed by atoms with Crippen LogP contribution in [0.4, 0.5) is 0 Å². The number of benzene rings is 1. The van der Waals surface area contributed by atoms with Crippen LogP contribution in [0.25, 0.3) is 11.4 Å². The topological polar surface area (TPSA) is 25.8 Å². The van der Waals surface area contributed by atoms with E-state index >= 15 is 0 Å². The van der Waals surface area contributed by atoms with Crippen LogP contribution in [0.2, 0.25) is 0 Å². The van der Waals surface area contributed by atoms with Crippen molar-refractivity contribution in [1.82, 2.24) is 9.97 Å². The van der Waals surface area contributed by atoms with Gasteiger partial charge in [-0.15, -0.1) is 0 Å². The smallest absolute Gasteiger partial charge is 0.159 e. The Morgan fingerprint density at radius 3 is 2.16 bits per heavy atom. The van der Waals surface area contributed by atoms with E-state index in [0.717, 1.165) is 22.9 Å². The average Bonchev–Trinajstić information content (AvgIpc) is 2.49. The van der Waals surface area contributed by atoms with Crippen molar-refractivity contribution < 1.29 is 0 Å². The molecule has 0 atom stereocenters. The summed E-state index contributed by atoms with van der Waals surface area (Å²) in [5, 5.41) is 0. The number of hydrogen-bond donors (Lipinski definition) is 0. The Bertz CT molecular complexity index is 522. The number of aryl methyl sites for hydroxylation is 1. The standard InChI is InChI=1S/C17H20N2/c1-13-11-18-17(19-12-13)16-9-7-15(8-10-16)14-5-3-2-4-6-14/h7-12,14H,2-6H2,1H3. The van der Waals surface area contributed by atoms with Crippen LogP contribution in [0, 0.1) is 6.92 Å². The van der Waals surface area contributed by atoms with Gasteiger partial charge in [0.15, 0.2) is 5.82 Å². The molecule has 1 aliphatic carbocycles. The van der Waals surface area contributed by atoms with E-state index in [1.165, 1.54) is 37.7 Å². The molecule has 1 aromatic carbocycles. The molecule has 98 valence electrons. The highest BCUT2D eigenvalue weighted by molar-refractivity contribution is 5.55. The summed E-state index contributed by atoms with van der Waals surface area (Å²) >= 11 is 0. The third-order valence-electron chi connectivity index (χ3n) is 4.03. The minimum Gasteiger partial charge on any atom is -0.236 e. The normalized spacial score (nSPS) is 16.5. The Kier molecular flexibility index (Phi) is 3.58. The second-order valence-corrected chi connectivity index (χ2v) is 5.54. The SMILES string of the molecule is Cc1cnc(-c2ccc(C3CCCCC3)cc2)nc1. The van der Waals surface area contributed by atoms with Crippen molar-refractivity contribution in [2.45, 2.75) is 44.9 Å². The van der Waals surface area contributed by atoms with Gasteiger partial charge in [0.05, 0.1) is 0 Å². The van der Waals surface area contributed by atoms with Crippen molar-refractivity contribution in [1.29, 1.82) is 0 Å². The van der Waals surface area contributed by atoms with Gasteiger partial charge in [-0.05, 0) is 36.8 Å². The van der Waals surface area contributed by atoms with E-state index in [0.29, 0.717) is 0 Å². The molecule has 0 radical (unpaired) electrons. The molecule has 0 unspecified atom stereocenters. The molecule has 0 spiro atoms. The molecule has 1 aliphatic rings. The summed E-state index contributed by atoms with van der Waals surface area (Å²) in [6.07, 6.45) is 10.6. The summed E-state index contributed by atoms with van der Waals surface area (Å²) in [7, 11) is 0. The van der Waals surface area contributed by atoms with Gasteiger partial charge in [0.2, 0.25) is 0 Å². The summed E-state index contributed by atoms with van der Waals surface area (Å²) in [6, 6.07) is 8.84. The number of aromatic nitrogens is 2. The van der Waals surface area contributed by atoms with E-state index in [-0.39, 0.29) is 0 Å². The van der Waals surface area contributed by atoms with Crippen molar-refractivity contribution in [2.24, 2.45) is 0 Å². The highest BCUT2D eigenvalue weighted by Crippen LogP contribution is 2.33. The lowest BCUT2D eigenvalue weighted by Crippen LogP contribution is -2.04. The number of rotatable bonds is 2. The summed E-state index contributed by atoms with van der Waals surface area (Å²) in [4.78, 5) is 8.76. The average molecular weight is 252 g/mol. The Hall–Kier alpha value is -1.70. The Morgan fingerprint density at radius 1 is 0.895 bits per heavy atom. The maximum Gasteiger partial charge on any atom is 0.159 e. The third-order valence-corrected chi connectivity index (χ3v) is 4.03. The van der Waals surface area contributed by atoms with Gasteiger partial charge in [0.25, 0.3) is 0 Å². The molecule has 1 saturated carbocycles. The molecule has 2 aromatic rings. The van der Waals surface area contributed by atoms with Crippen LogP contribution in [-0.2, 0) is 0 Å². The van der Waals surface area contributed by atoms with Gasteiger partial charge in [-0.1, -0.05) is 43.5 Å². The Labute approximate surface area is 114 Å². The first-order valence-corrected chi connectivity index (χ1v) is 7.22. The van der Waals surface area contributed by atoms with Crippen molar-refractivity contribution in [2.75, 3.05) is 0 Å². The summed E-state index contributed by atoms with van der Waals surface area (Å²) in [5.74, 6) is 1.59. The second kappa shape index (κ2) is 5.52. The lowest BCUT2D eigenvalue weighted by atomic mass is 9.84. The first-order valence-electron chi connectivity index (χ1n) is 7.22. The zero-order valence-electron chi connectivity index (χ0n) is 11.5. The minimum atomic E-state index is 0.765. The predicted octanol–water partition coefficient (Wildman–Crippen LogP) is 4.50. The zero-order chi connectivity index (χ0) is 13.1. The molecule has 1 fully saturated rings. The summed E-state index contributed by atoms with van der Waals surface area (Å²) in [6.45, 7) is 2.01. The lowest BCUT2D eigenvalue weighted by Gasteiger charge is -2.22. The fourth-order valence-electron chi connectivity index (χ4n) is 2.88. The first kappa shape index (κ1) is 12.3. The maximum absolute atomic E-state index is 4.38. The molecule has 1 heterocycles. The fourth-order valence-corrected chi connectivity index (χ4v) is 2.88. The second-order valence-electron chi connectivity index (χ2n) is 5.54. The van der Waals surface area contributed by atoms with E-state index in [1.807, 2.05) is 19.3 Å². The molecule has 0 bridgehead atoms. The molecule has 1 aromatic heterocycles. The van der Waals surface area contributed by atoms with Crippen molar-refractivity contribution in [3.05, 3.63) is 47.8 Å². The van der Waals surface area contributed by atoms with Gasteiger partial charge >= 0.3 is 0 Å². The van der Waals surface area contributed by atoms with E-state index in [1.54, 1.807) is 0 Å². The van der Waals surface area contributed by atoms with Crippen molar-refractivity contribution >= 4 is 0 Å². The quantitative estimate of drug-likeness (QED) is 0.786. The van der Waals surface area contributed by atoms with E-state index < -0.39 is 0 Å². The maximum atomic E-state index is 4.38. The molecule has 3 rings (SSSR count). The van der Waals surface area contributed by atoms with Crippen LogP contribution >= 0.6 is 0 Å². The Balaban J connectivity index is 1.80. The molecule has 2 nitrogen and oxygen atoms in total. The molecule has 0 aliphatic heterocycles. The van der Waals surface area contributed by atoms with Gasteiger partial charge in [-0.3, -0.25) is 0 Å².